The summed E-state index contributed by atoms with van der Waals surface area (Å²) in [6.07, 6.45) is 0.541. The first-order chi connectivity index (χ1) is 10.5. The van der Waals surface area contributed by atoms with Gasteiger partial charge in [-0.1, -0.05) is 41.4 Å². The van der Waals surface area contributed by atoms with Crippen LogP contribution in [-0.4, -0.2) is 52.3 Å². The van der Waals surface area contributed by atoms with E-state index in [1.165, 1.54) is 0 Å². The van der Waals surface area contributed by atoms with Crippen LogP contribution < -0.4 is 4.74 Å². The predicted octanol–water partition coefficient (Wildman–Crippen LogP) is 3.98. The van der Waals surface area contributed by atoms with Gasteiger partial charge in [-0.3, -0.25) is 4.79 Å². The van der Waals surface area contributed by atoms with Gasteiger partial charge in [0.25, 0.3) is 0 Å². The van der Waals surface area contributed by atoms with Crippen molar-refractivity contribution >= 4 is 58.7 Å². The van der Waals surface area contributed by atoms with Crippen LogP contribution >= 0.6 is 23.2 Å². The number of phenols is 1. The Morgan fingerprint density at radius 2 is 1.74 bits per heavy atom. The standard InChI is InChI=1S/C10H10Cl2O3.C6H6O.Na.H/c11-7-3-4-9(8(12)6-7)15-5-1-2-10(13)14;7-6-4-2-1-3-5-6;;/h3-4,6H,1-2,5H2,(H,13,14);1-5,7H;;. The van der Waals surface area contributed by atoms with Crippen LogP contribution in [0.3, 0.4) is 0 Å². The second-order valence-electron chi connectivity index (χ2n) is 4.26. The summed E-state index contributed by atoms with van der Waals surface area (Å²) in [6, 6.07) is 13.6. The maximum atomic E-state index is 10.2. The van der Waals surface area contributed by atoms with Gasteiger partial charge in [-0.2, -0.15) is 0 Å². The summed E-state index contributed by atoms with van der Waals surface area (Å²) in [5.74, 6) is 0.00904. The normalized spacial score (nSPS) is 9.13. The van der Waals surface area contributed by atoms with E-state index in [0.717, 1.165) is 0 Å². The molecule has 0 saturated carbocycles. The fraction of sp³-hybridized carbons (Fsp3) is 0.188. The summed E-state index contributed by atoms with van der Waals surface area (Å²) in [6.45, 7) is 0.327. The molecule has 0 amide bonds. The molecule has 4 nitrogen and oxygen atoms in total. The van der Waals surface area contributed by atoms with Gasteiger partial charge in [0.2, 0.25) is 0 Å². The molecular formula is C16H17Cl2NaO4. The second kappa shape index (κ2) is 12.5. The molecule has 7 heteroatoms. The molecule has 0 radical (unpaired) electrons. The van der Waals surface area contributed by atoms with Crippen LogP contribution in [0.1, 0.15) is 12.8 Å². The second-order valence-corrected chi connectivity index (χ2v) is 5.10. The van der Waals surface area contributed by atoms with Gasteiger partial charge in [-0.15, -0.1) is 0 Å². The molecule has 0 unspecified atom stereocenters. The van der Waals surface area contributed by atoms with E-state index in [4.69, 9.17) is 38.2 Å². The van der Waals surface area contributed by atoms with Crippen LogP contribution in [0.4, 0.5) is 0 Å². The van der Waals surface area contributed by atoms with Gasteiger partial charge < -0.3 is 14.9 Å². The number of rotatable bonds is 5. The average Bonchev–Trinajstić information content (AvgIpc) is 2.46. The number of aliphatic carboxylic acids is 1. The number of hydrogen-bond donors (Lipinski definition) is 2. The topological polar surface area (TPSA) is 66.8 Å². The number of para-hydroxylation sites is 1. The zero-order valence-corrected chi connectivity index (χ0v) is 13.2. The third-order valence-corrected chi connectivity index (χ3v) is 2.97. The van der Waals surface area contributed by atoms with Crippen LogP contribution in [0.2, 0.25) is 10.0 Å². The molecule has 0 aliphatic rings. The van der Waals surface area contributed by atoms with E-state index in [9.17, 15) is 4.79 Å². The molecule has 0 saturated heterocycles. The minimum atomic E-state index is -0.833. The summed E-state index contributed by atoms with van der Waals surface area (Å²) in [5.41, 5.74) is 0. The molecule has 120 valence electrons. The van der Waals surface area contributed by atoms with Crippen molar-refractivity contribution in [3.05, 3.63) is 58.6 Å². The maximum absolute atomic E-state index is 10.2. The molecular weight excluding hydrogens is 350 g/mol. The number of carboxylic acids is 1. The van der Waals surface area contributed by atoms with Crippen molar-refractivity contribution in [1.82, 2.24) is 0 Å². The third kappa shape index (κ3) is 10.5. The third-order valence-electron chi connectivity index (χ3n) is 2.44. The van der Waals surface area contributed by atoms with Gasteiger partial charge in [0.1, 0.15) is 11.5 Å². The van der Waals surface area contributed by atoms with Crippen LogP contribution in [-0.2, 0) is 4.79 Å². The van der Waals surface area contributed by atoms with Gasteiger partial charge in [-0.05, 0) is 36.8 Å². The Labute approximate surface area is 167 Å². The molecule has 0 atom stereocenters. The number of halogens is 2. The molecule has 2 aromatic carbocycles. The zero-order chi connectivity index (χ0) is 16.4. The van der Waals surface area contributed by atoms with E-state index in [1.807, 2.05) is 6.07 Å². The van der Waals surface area contributed by atoms with E-state index in [1.54, 1.807) is 42.5 Å². The van der Waals surface area contributed by atoms with Crippen molar-refractivity contribution in [2.24, 2.45) is 0 Å². The van der Waals surface area contributed by atoms with Gasteiger partial charge in [-0.25, -0.2) is 0 Å². The van der Waals surface area contributed by atoms with Crippen molar-refractivity contribution < 1.29 is 19.7 Å². The number of carboxylic acid groups (broad SMARTS) is 1. The molecule has 0 aliphatic carbocycles. The molecule has 0 spiro atoms. The Kier molecular flexibility index (Phi) is 12.0. The van der Waals surface area contributed by atoms with Crippen LogP contribution in [0.15, 0.2) is 48.5 Å². The number of ether oxygens (including phenoxy) is 1. The molecule has 23 heavy (non-hydrogen) atoms. The molecule has 0 aliphatic heterocycles. The number of carbonyl (C=O) groups is 1. The Balaban J connectivity index is 0.000000509. The van der Waals surface area contributed by atoms with Crippen LogP contribution in [0.5, 0.6) is 11.5 Å². The molecule has 0 aromatic heterocycles. The SMILES string of the molecule is O=C(O)CCCOc1ccc(Cl)cc1Cl.Oc1ccccc1.[NaH]. The first-order valence-corrected chi connectivity index (χ1v) is 7.28. The summed E-state index contributed by atoms with van der Waals surface area (Å²) in [4.78, 5) is 10.2. The summed E-state index contributed by atoms with van der Waals surface area (Å²) >= 11 is 11.5. The van der Waals surface area contributed by atoms with Gasteiger partial charge in [0.15, 0.2) is 0 Å². The van der Waals surface area contributed by atoms with Gasteiger partial charge in [0.05, 0.1) is 11.6 Å². The van der Waals surface area contributed by atoms with E-state index < -0.39 is 5.97 Å². The molecule has 2 aromatic rings. The van der Waals surface area contributed by atoms with Crippen molar-refractivity contribution in [3.8, 4) is 11.5 Å². The van der Waals surface area contributed by atoms with E-state index in [0.29, 0.717) is 34.6 Å². The summed E-state index contributed by atoms with van der Waals surface area (Å²) in [5, 5.41) is 18.0. The van der Waals surface area contributed by atoms with E-state index in [-0.39, 0.29) is 36.0 Å². The molecule has 0 bridgehead atoms. The minimum absolute atomic E-state index is 0. The predicted molar refractivity (Wildman–Crippen MR) is 94.1 cm³/mol. The van der Waals surface area contributed by atoms with Gasteiger partial charge >= 0.3 is 35.5 Å². The first-order valence-electron chi connectivity index (χ1n) is 6.52. The van der Waals surface area contributed by atoms with Crippen molar-refractivity contribution in [2.75, 3.05) is 6.61 Å². The first kappa shape index (κ1) is 22.1. The van der Waals surface area contributed by atoms with Crippen molar-refractivity contribution in [3.63, 3.8) is 0 Å². The quantitative estimate of drug-likeness (QED) is 0.620. The zero-order valence-electron chi connectivity index (χ0n) is 11.7. The Morgan fingerprint density at radius 1 is 1.09 bits per heavy atom. The molecule has 2 N–H and O–H groups in total. The Morgan fingerprint density at radius 3 is 2.22 bits per heavy atom. The van der Waals surface area contributed by atoms with E-state index >= 15 is 0 Å². The fourth-order valence-corrected chi connectivity index (χ4v) is 1.89. The number of benzene rings is 2. The Bertz CT molecular complexity index is 594. The van der Waals surface area contributed by atoms with Crippen LogP contribution in [0.25, 0.3) is 0 Å². The van der Waals surface area contributed by atoms with Gasteiger partial charge in [0, 0.05) is 11.4 Å². The Hall–Kier alpha value is -0.910. The fourth-order valence-electron chi connectivity index (χ4n) is 1.43. The summed E-state index contributed by atoms with van der Waals surface area (Å²) < 4.78 is 5.29. The van der Waals surface area contributed by atoms with Crippen molar-refractivity contribution in [1.29, 1.82) is 0 Å². The monoisotopic (exact) mass is 366 g/mol. The van der Waals surface area contributed by atoms with Crippen LogP contribution in [0, 0.1) is 0 Å². The average molecular weight is 367 g/mol. The molecule has 0 heterocycles. The number of aromatic hydroxyl groups is 1. The van der Waals surface area contributed by atoms with Crippen molar-refractivity contribution in [2.45, 2.75) is 12.8 Å². The number of phenolic OH excluding ortho intramolecular Hbond substituents is 1. The number of hydrogen-bond acceptors (Lipinski definition) is 3. The molecule has 0 fully saturated rings. The molecule has 2 rings (SSSR count). The summed E-state index contributed by atoms with van der Waals surface area (Å²) in [7, 11) is 0. The van der Waals surface area contributed by atoms with E-state index in [2.05, 4.69) is 0 Å².